The lowest BCUT2D eigenvalue weighted by Crippen LogP contribution is -2.33. The van der Waals surface area contributed by atoms with Gasteiger partial charge in [-0.2, -0.15) is 0 Å². The van der Waals surface area contributed by atoms with Crippen LogP contribution in [0.15, 0.2) is 12.3 Å². The van der Waals surface area contributed by atoms with Crippen molar-refractivity contribution in [2.24, 2.45) is 0 Å². The van der Waals surface area contributed by atoms with E-state index in [1.807, 2.05) is 13.8 Å². The molecule has 106 valence electrons. The molecule has 7 heteroatoms. The zero-order valence-electron chi connectivity index (χ0n) is 11.1. The van der Waals surface area contributed by atoms with Crippen LogP contribution in [0.4, 0.5) is 5.69 Å². The molecule has 0 aliphatic heterocycles. The van der Waals surface area contributed by atoms with E-state index in [0.29, 0.717) is 19.4 Å². The predicted molar refractivity (Wildman–Crippen MR) is 70.0 cm³/mol. The molecule has 0 spiro atoms. The van der Waals surface area contributed by atoms with Crippen molar-refractivity contribution < 1.29 is 14.8 Å². The van der Waals surface area contributed by atoms with Crippen molar-refractivity contribution in [3.63, 3.8) is 0 Å². The summed E-state index contributed by atoms with van der Waals surface area (Å²) in [7, 11) is 0. The lowest BCUT2D eigenvalue weighted by molar-refractivity contribution is -0.384. The molecule has 1 amide bonds. The first-order valence-corrected chi connectivity index (χ1v) is 6.25. The maximum absolute atomic E-state index is 12.0. The standard InChI is InChI=1S/C12H19N3O4/c1-3-14-8-10(15(18)19)7-11(14)12(17)13-9(2)5-4-6-16/h7-9,16H,3-6H2,1-2H3,(H,13,17). The number of amides is 1. The van der Waals surface area contributed by atoms with Crippen molar-refractivity contribution in [2.45, 2.75) is 39.3 Å². The van der Waals surface area contributed by atoms with Crippen LogP contribution >= 0.6 is 0 Å². The van der Waals surface area contributed by atoms with Gasteiger partial charge >= 0.3 is 0 Å². The second-order valence-electron chi connectivity index (χ2n) is 4.37. The van der Waals surface area contributed by atoms with Gasteiger partial charge < -0.3 is 15.0 Å². The number of carbonyl (C=O) groups is 1. The van der Waals surface area contributed by atoms with Crippen LogP contribution in [0.25, 0.3) is 0 Å². The summed E-state index contributed by atoms with van der Waals surface area (Å²) in [5.74, 6) is -0.333. The fourth-order valence-corrected chi connectivity index (χ4v) is 1.81. The number of aliphatic hydroxyl groups excluding tert-OH is 1. The molecule has 7 nitrogen and oxygen atoms in total. The van der Waals surface area contributed by atoms with Gasteiger partial charge in [0.15, 0.2) is 0 Å². The maximum Gasteiger partial charge on any atom is 0.287 e. The summed E-state index contributed by atoms with van der Waals surface area (Å²) < 4.78 is 1.55. The molecular formula is C12H19N3O4. The van der Waals surface area contributed by atoms with Gasteiger partial charge in [0.05, 0.1) is 11.1 Å². The van der Waals surface area contributed by atoms with Gasteiger partial charge in [-0.3, -0.25) is 14.9 Å². The highest BCUT2D eigenvalue weighted by Crippen LogP contribution is 2.16. The van der Waals surface area contributed by atoms with Gasteiger partial charge in [0.1, 0.15) is 5.69 Å². The lowest BCUT2D eigenvalue weighted by Gasteiger charge is -2.13. The molecule has 0 bridgehead atoms. The number of rotatable bonds is 7. The molecule has 0 radical (unpaired) electrons. The Hall–Kier alpha value is -1.89. The number of aromatic nitrogens is 1. The van der Waals surface area contributed by atoms with Crippen LogP contribution in [0.2, 0.25) is 0 Å². The van der Waals surface area contributed by atoms with Gasteiger partial charge in [-0.15, -0.1) is 0 Å². The number of aryl methyl sites for hydroxylation is 1. The number of hydrogen-bond acceptors (Lipinski definition) is 4. The molecule has 0 saturated carbocycles. The summed E-state index contributed by atoms with van der Waals surface area (Å²) in [4.78, 5) is 22.2. The van der Waals surface area contributed by atoms with Gasteiger partial charge in [0.25, 0.3) is 11.6 Å². The maximum atomic E-state index is 12.0. The summed E-state index contributed by atoms with van der Waals surface area (Å²) >= 11 is 0. The third-order valence-corrected chi connectivity index (χ3v) is 2.84. The minimum absolute atomic E-state index is 0.0804. The van der Waals surface area contributed by atoms with Gasteiger partial charge in [-0.25, -0.2) is 0 Å². The van der Waals surface area contributed by atoms with E-state index in [9.17, 15) is 14.9 Å². The summed E-state index contributed by atoms with van der Waals surface area (Å²) in [5, 5.41) is 22.2. The minimum Gasteiger partial charge on any atom is -0.396 e. The zero-order valence-corrected chi connectivity index (χ0v) is 11.1. The topological polar surface area (TPSA) is 97.4 Å². The van der Waals surface area contributed by atoms with Crippen molar-refractivity contribution >= 4 is 11.6 Å². The molecule has 2 N–H and O–H groups in total. The van der Waals surface area contributed by atoms with Crippen LogP contribution in [-0.2, 0) is 6.54 Å². The highest BCUT2D eigenvalue weighted by atomic mass is 16.6. The van der Waals surface area contributed by atoms with Crippen LogP contribution in [0.1, 0.15) is 37.2 Å². The van der Waals surface area contributed by atoms with E-state index in [2.05, 4.69) is 5.32 Å². The van der Waals surface area contributed by atoms with Crippen molar-refractivity contribution in [1.82, 2.24) is 9.88 Å². The molecule has 0 saturated heterocycles. The van der Waals surface area contributed by atoms with E-state index in [4.69, 9.17) is 5.11 Å². The molecule has 0 aliphatic rings. The third-order valence-electron chi connectivity index (χ3n) is 2.84. The largest absolute Gasteiger partial charge is 0.396 e. The first-order chi connectivity index (χ1) is 8.99. The average Bonchev–Trinajstić information content (AvgIpc) is 2.80. The second kappa shape index (κ2) is 6.89. The Bertz CT molecular complexity index is 456. The van der Waals surface area contributed by atoms with E-state index in [-0.39, 0.29) is 29.9 Å². The van der Waals surface area contributed by atoms with Crippen LogP contribution < -0.4 is 5.32 Å². The molecular weight excluding hydrogens is 250 g/mol. The summed E-state index contributed by atoms with van der Waals surface area (Å²) in [6.45, 7) is 4.22. The van der Waals surface area contributed by atoms with Gasteiger partial charge in [0.2, 0.25) is 0 Å². The Morgan fingerprint density at radius 2 is 2.32 bits per heavy atom. The van der Waals surface area contributed by atoms with Crippen molar-refractivity contribution in [3.05, 3.63) is 28.1 Å². The number of carbonyl (C=O) groups excluding carboxylic acids is 1. The van der Waals surface area contributed by atoms with Crippen LogP contribution in [0.3, 0.4) is 0 Å². The van der Waals surface area contributed by atoms with Crippen LogP contribution in [-0.4, -0.2) is 33.2 Å². The quantitative estimate of drug-likeness (QED) is 0.576. The molecule has 1 atom stereocenters. The third kappa shape index (κ3) is 4.06. The van der Waals surface area contributed by atoms with Crippen molar-refractivity contribution in [1.29, 1.82) is 0 Å². The molecule has 1 aromatic rings. The SMILES string of the molecule is CCn1cc([N+](=O)[O-])cc1C(=O)NC(C)CCCO. The Kier molecular flexibility index (Phi) is 5.50. The highest BCUT2D eigenvalue weighted by molar-refractivity contribution is 5.93. The Labute approximate surface area is 111 Å². The summed E-state index contributed by atoms with van der Waals surface area (Å²) in [6, 6.07) is 1.19. The molecule has 1 unspecified atom stereocenters. The smallest absolute Gasteiger partial charge is 0.287 e. The molecule has 0 fully saturated rings. The molecule has 19 heavy (non-hydrogen) atoms. The number of hydrogen-bond donors (Lipinski definition) is 2. The zero-order chi connectivity index (χ0) is 14.4. The molecule has 0 aliphatic carbocycles. The van der Waals surface area contributed by atoms with Gasteiger partial charge in [0, 0.05) is 25.3 Å². The Morgan fingerprint density at radius 1 is 1.63 bits per heavy atom. The lowest BCUT2D eigenvalue weighted by atomic mass is 10.2. The number of nitrogens with one attached hydrogen (secondary N) is 1. The summed E-state index contributed by atoms with van der Waals surface area (Å²) in [6.07, 6.45) is 2.63. The first-order valence-electron chi connectivity index (χ1n) is 6.25. The van der Waals surface area contributed by atoms with E-state index in [1.54, 1.807) is 4.57 Å². The molecule has 1 rings (SSSR count). The van der Waals surface area contributed by atoms with Gasteiger partial charge in [-0.05, 0) is 26.7 Å². The fraction of sp³-hybridized carbons (Fsp3) is 0.583. The van der Waals surface area contributed by atoms with Crippen LogP contribution in [0, 0.1) is 10.1 Å². The molecule has 1 aromatic heterocycles. The molecule has 0 aromatic carbocycles. The second-order valence-corrected chi connectivity index (χ2v) is 4.37. The minimum atomic E-state index is -0.516. The Balaban J connectivity index is 2.78. The number of nitro groups is 1. The fourth-order valence-electron chi connectivity index (χ4n) is 1.81. The van der Waals surface area contributed by atoms with E-state index in [0.717, 1.165) is 0 Å². The van der Waals surface area contributed by atoms with E-state index in [1.165, 1.54) is 12.3 Å². The van der Waals surface area contributed by atoms with Crippen molar-refractivity contribution in [2.75, 3.05) is 6.61 Å². The average molecular weight is 269 g/mol. The van der Waals surface area contributed by atoms with E-state index < -0.39 is 4.92 Å². The van der Waals surface area contributed by atoms with Crippen molar-refractivity contribution in [3.8, 4) is 0 Å². The van der Waals surface area contributed by atoms with Crippen LogP contribution in [0.5, 0.6) is 0 Å². The normalized spacial score (nSPS) is 12.2. The van der Waals surface area contributed by atoms with E-state index >= 15 is 0 Å². The monoisotopic (exact) mass is 269 g/mol. The van der Waals surface area contributed by atoms with Gasteiger partial charge in [-0.1, -0.05) is 0 Å². The Morgan fingerprint density at radius 3 is 2.84 bits per heavy atom. The predicted octanol–water partition coefficient (Wildman–Crippen LogP) is 1.31. The number of aliphatic hydroxyl groups is 1. The first kappa shape index (κ1) is 15.2. The summed E-state index contributed by atoms with van der Waals surface area (Å²) in [5.41, 5.74) is 0.194. The highest BCUT2D eigenvalue weighted by Gasteiger charge is 2.19. The number of nitrogens with zero attached hydrogens (tertiary/aromatic N) is 2. The molecule has 1 heterocycles.